The molecule has 7 aliphatic heterocycles. The Bertz CT molecular complexity index is 4280. The number of carboxylic acid groups (broad SMARTS) is 1. The normalized spacial score (nSPS) is 26.1. The highest BCUT2D eigenvalue weighted by molar-refractivity contribution is 8.15. The van der Waals surface area contributed by atoms with Gasteiger partial charge in [-0.05, 0) is 65.5 Å². The van der Waals surface area contributed by atoms with Crippen molar-refractivity contribution < 1.29 is 62.6 Å². The summed E-state index contributed by atoms with van der Waals surface area (Å²) in [6.45, 7) is 8.94. The Morgan fingerprint density at radius 1 is 0.716 bits per heavy atom. The molecule has 7 aliphatic rings. The minimum atomic E-state index is -2.31. The van der Waals surface area contributed by atoms with Crippen molar-refractivity contribution in [2.45, 2.75) is 113 Å². The molecule has 34 nitrogen and oxygen atoms in total. The second-order valence-corrected chi connectivity index (χ2v) is 30.5. The summed E-state index contributed by atoms with van der Waals surface area (Å²) < 4.78 is 0. The predicted molar refractivity (Wildman–Crippen MR) is 388 cm³/mol. The minimum absolute atomic E-state index is 0.000233. The van der Waals surface area contributed by atoms with E-state index in [2.05, 4.69) is 74.7 Å². The van der Waals surface area contributed by atoms with Gasteiger partial charge in [0.05, 0.1) is 52.7 Å². The molecule has 0 aliphatic carbocycles. The molecule has 0 spiro atoms. The number of fused-ring (bicyclic) bond motifs is 8. The molecule has 11 amide bonds. The molecule has 1 fully saturated rings. The molecule has 4 aromatic rings. The highest BCUT2D eigenvalue weighted by Crippen LogP contribution is 2.35. The lowest BCUT2D eigenvalue weighted by Crippen LogP contribution is -2.60. The molecule has 16 bridgehead atoms. The Kier molecular flexibility index (Phi) is 24.4. The second-order valence-electron chi connectivity index (χ2n) is 23.5. The van der Waals surface area contributed by atoms with Crippen molar-refractivity contribution in [3.8, 4) is 21.4 Å². The number of hydrogen-bond donors (Lipinski definition) is 14. The molecule has 11 rings (SSSR count). The van der Waals surface area contributed by atoms with Gasteiger partial charge in [0.15, 0.2) is 10.8 Å². The minimum Gasteiger partial charge on any atom is -0.480 e. The van der Waals surface area contributed by atoms with Gasteiger partial charge in [0.1, 0.15) is 89.8 Å². The molecule has 4 aromatic heterocycles. The fourth-order valence-electron chi connectivity index (χ4n) is 10.8. The van der Waals surface area contributed by atoms with Crippen LogP contribution >= 0.6 is 81.1 Å². The first-order chi connectivity index (χ1) is 48.7. The summed E-state index contributed by atoms with van der Waals surface area (Å²) in [5, 5.41) is 51.8. The van der Waals surface area contributed by atoms with E-state index < -0.39 is 155 Å². The van der Waals surface area contributed by atoms with Crippen LogP contribution in [0.15, 0.2) is 73.4 Å². The monoisotopic (exact) mass is 1530 g/mol. The van der Waals surface area contributed by atoms with Gasteiger partial charge >= 0.3 is 5.97 Å². The second kappa shape index (κ2) is 33.1. The van der Waals surface area contributed by atoms with Crippen LogP contribution < -0.4 is 64.6 Å². The molecule has 16 N–H and O–H groups in total. The van der Waals surface area contributed by atoms with Crippen LogP contribution in [0.2, 0.25) is 0 Å². The third kappa shape index (κ3) is 18.1. The third-order valence-electron chi connectivity index (χ3n) is 16.1. The van der Waals surface area contributed by atoms with Crippen LogP contribution in [0.3, 0.4) is 0 Å². The zero-order chi connectivity index (χ0) is 73.3. The summed E-state index contributed by atoms with van der Waals surface area (Å²) in [5.41, 5.74) is 12.2. The number of carbonyl (C=O) groups excluding carboxylic acids is 11. The van der Waals surface area contributed by atoms with Crippen molar-refractivity contribution >= 4 is 179 Å². The lowest BCUT2D eigenvalue weighted by atomic mass is 10.0. The van der Waals surface area contributed by atoms with Crippen LogP contribution in [0.25, 0.3) is 27.1 Å². The van der Waals surface area contributed by atoms with Gasteiger partial charge in [-0.25, -0.2) is 24.7 Å². The van der Waals surface area contributed by atoms with Crippen LogP contribution in [0.1, 0.15) is 98.3 Å². The Labute approximate surface area is 610 Å². The van der Waals surface area contributed by atoms with Crippen LogP contribution in [0.5, 0.6) is 0 Å². The fourth-order valence-corrected chi connectivity index (χ4v) is 17.5. The van der Waals surface area contributed by atoms with Crippen molar-refractivity contribution in [3.63, 3.8) is 0 Å². The zero-order valence-electron chi connectivity index (χ0n) is 54.8. The van der Waals surface area contributed by atoms with E-state index in [0.717, 1.165) is 11.8 Å². The van der Waals surface area contributed by atoms with Gasteiger partial charge in [0.25, 0.3) is 23.6 Å². The van der Waals surface area contributed by atoms with E-state index >= 15 is 4.79 Å². The number of aliphatic imine (C=N–C) groups is 3. The highest BCUT2D eigenvalue weighted by Gasteiger charge is 2.43. The number of primary amides is 1. The molecule has 0 radical (unpaired) electrons. The zero-order valence-corrected chi connectivity index (χ0v) is 60.5. The van der Waals surface area contributed by atoms with Gasteiger partial charge in [0.2, 0.25) is 41.4 Å². The number of allylic oxidation sites excluding steroid dienone is 2. The number of nitrogens with zero attached hydrogens (tertiary/aromatic N) is 8. The SMILES string of the molecule is C=C1NC(=O)C2CSC(=N2)c2csc(n2)-c2ccc3c(n2)C(C)NC(=O)C2CCCN2C(=O)/C(=C/C)NC(=O)CNC(=O)C(CCCNC(=N)N)NC(=O)C(C)(NC(=O)/C(=C\C)NC(=O)C2CSC(=N2)C(CC(N)=O)NC3=O)SCC(C(=O)O)NC(=O)C2CSC(=N2)c2csc(n2)-c2csc1n2. The van der Waals surface area contributed by atoms with Crippen molar-refractivity contribution in [3.05, 3.63) is 86.1 Å². The van der Waals surface area contributed by atoms with Gasteiger partial charge in [-0.1, -0.05) is 18.7 Å². The average molecular weight is 1530 g/mol. The Morgan fingerprint density at radius 3 is 2.01 bits per heavy atom. The van der Waals surface area contributed by atoms with Gasteiger partial charge in [0, 0.05) is 52.2 Å². The summed E-state index contributed by atoms with van der Waals surface area (Å²) in [5.74, 6) is -11.8. The maximum Gasteiger partial charge on any atom is 0.327 e. The van der Waals surface area contributed by atoms with Crippen LogP contribution in [0.4, 0.5) is 0 Å². The molecule has 102 heavy (non-hydrogen) atoms. The van der Waals surface area contributed by atoms with E-state index in [1.807, 2.05) is 0 Å². The number of thioether (sulfide) groups is 4. The number of guanidine groups is 1. The number of thiazole rings is 3. The summed E-state index contributed by atoms with van der Waals surface area (Å²) in [7, 11) is 0. The summed E-state index contributed by atoms with van der Waals surface area (Å²) in [6, 6.07) is -7.15. The molecule has 9 atom stereocenters. The van der Waals surface area contributed by atoms with Crippen molar-refractivity contribution in [1.29, 1.82) is 5.41 Å². The van der Waals surface area contributed by atoms with Gasteiger partial charge in [-0.3, -0.25) is 73.1 Å². The number of nitrogens with one attached hydrogen (secondary N) is 11. The topological polar surface area (TPSA) is 513 Å². The first-order valence-corrected chi connectivity index (χ1v) is 38.1. The van der Waals surface area contributed by atoms with Crippen molar-refractivity contribution in [2.75, 3.05) is 42.6 Å². The molecule has 41 heteroatoms. The van der Waals surface area contributed by atoms with E-state index in [4.69, 9.17) is 36.8 Å². The maximum absolute atomic E-state index is 15.0. The van der Waals surface area contributed by atoms with Crippen molar-refractivity contribution in [2.24, 2.45) is 26.4 Å². The largest absolute Gasteiger partial charge is 0.480 e. The van der Waals surface area contributed by atoms with Crippen LogP contribution in [0, 0.1) is 5.41 Å². The standard InChI is InChI=1S/C61H69N21O13S7/c1-6-28-49(90)81-61(5)59(95)80-30(10-8-14-65-60(63)64)45(86)66-17-42(84)69-29(7-2)57(92)82-15-9-11-40(82)50(91)67-25(3)43-27(44(85)72-32(16-41(62)83)53-74-34(19-97-53)47(88)71-28)12-13-31(70-43)52-78-37(22-100-52)54-75-33(18-98-54)46(87)68-26(4)51-77-36(21-96-51)56-79-38(23-101-56)55-76-35(20-99-55)48(89)73-39(24-102-61)58(93)94/h6-7,12-13,21-23,25,30,32-35,39-40H,4,8-11,14-20,24H2,1-3,5H3,(H2,62,83)(H,66,86)(H,67,91)(H,68,87)(H,69,84)(H,71,88)(H,72,85)(H,73,89)(H,80,95)(H,81,90)(H,93,94)(H4,63,64,65)/b28-6+,29-7-. The number of rotatable bonds is 7. The number of carboxylic acids is 1. The number of aromatic nitrogens is 4. The number of nitrogens with two attached hydrogens (primary N) is 2. The Morgan fingerprint density at radius 2 is 1.34 bits per heavy atom. The number of hydrogen-bond acceptors (Lipinski definition) is 27. The smallest absolute Gasteiger partial charge is 0.327 e. The average Bonchev–Trinajstić information content (AvgIpc) is 1.71. The lowest BCUT2D eigenvalue weighted by Gasteiger charge is -2.32. The van der Waals surface area contributed by atoms with Crippen molar-refractivity contribution in [1.82, 2.24) is 78.0 Å². The summed E-state index contributed by atoms with van der Waals surface area (Å²) in [6.07, 6.45) is 2.32. The predicted octanol–water partition coefficient (Wildman–Crippen LogP) is 0.0186. The molecular weight excluding hydrogens is 1460 g/mol. The van der Waals surface area contributed by atoms with E-state index in [1.165, 1.54) is 107 Å². The first-order valence-electron chi connectivity index (χ1n) is 31.5. The van der Waals surface area contributed by atoms with Gasteiger partial charge in [-0.2, -0.15) is 0 Å². The van der Waals surface area contributed by atoms with Gasteiger partial charge < -0.3 is 74.6 Å². The number of pyridine rings is 1. The van der Waals surface area contributed by atoms with E-state index in [9.17, 15) is 57.8 Å². The van der Waals surface area contributed by atoms with Gasteiger partial charge in [-0.15, -0.1) is 81.1 Å². The molecular formula is C61H69N21O13S7. The van der Waals surface area contributed by atoms with Crippen LogP contribution in [-0.4, -0.2) is 212 Å². The molecule has 0 aromatic carbocycles. The van der Waals surface area contributed by atoms with E-state index in [0.29, 0.717) is 60.4 Å². The lowest BCUT2D eigenvalue weighted by molar-refractivity contribution is -0.141. The maximum atomic E-state index is 15.0. The third-order valence-corrected chi connectivity index (χ3v) is 23.4. The number of aliphatic carboxylic acids is 1. The number of carbonyl (C=O) groups is 12. The fraction of sp³-hybridized carbons (Fsp3) is 0.410. The molecule has 0 saturated carbocycles. The summed E-state index contributed by atoms with van der Waals surface area (Å²) in [4.78, 5) is 201. The van der Waals surface area contributed by atoms with Crippen LogP contribution in [-0.2, 0) is 52.7 Å². The highest BCUT2D eigenvalue weighted by atomic mass is 32.2. The first kappa shape index (κ1) is 75.2. The Hall–Kier alpha value is -9.42. The summed E-state index contributed by atoms with van der Waals surface area (Å²) >= 11 is 7.63. The van der Waals surface area contributed by atoms with E-state index in [-0.39, 0.29) is 83.0 Å². The number of amides is 11. The molecule has 1 saturated heterocycles. The Balaban J connectivity index is 1.05. The molecule has 11 heterocycles. The quantitative estimate of drug-likeness (QED) is 0.0502. The molecule has 538 valence electrons. The molecule has 9 unspecified atom stereocenters. The van der Waals surface area contributed by atoms with E-state index in [1.54, 1.807) is 23.1 Å².